The lowest BCUT2D eigenvalue weighted by atomic mass is 10.1. The smallest absolute Gasteiger partial charge is 0.251 e. The van der Waals surface area contributed by atoms with Crippen LogP contribution < -0.4 is 15.0 Å². The van der Waals surface area contributed by atoms with Crippen molar-refractivity contribution in [2.45, 2.75) is 6.54 Å². The van der Waals surface area contributed by atoms with Gasteiger partial charge in [-0.1, -0.05) is 12.1 Å². The number of benzene rings is 2. The Kier molecular flexibility index (Phi) is 5.65. The van der Waals surface area contributed by atoms with E-state index in [0.29, 0.717) is 19.6 Å². The number of methoxy groups -OCH3 is 1. The number of hydrogen-bond acceptors (Lipinski definition) is 5. The molecule has 0 unspecified atom stereocenters. The lowest BCUT2D eigenvalue weighted by Crippen LogP contribution is -2.40. The fourth-order valence-corrected chi connectivity index (χ4v) is 4.09. The van der Waals surface area contributed by atoms with Crippen LogP contribution >= 0.6 is 0 Å². The van der Waals surface area contributed by atoms with E-state index in [1.54, 1.807) is 0 Å². The standard InChI is InChI=1S/C19H21FN2O4S/c1-26-18-7-4-15(12-17(18)20)19(23)21-13-14-2-5-16(6-3-14)22-8-10-27(24,25)11-9-22/h2-7,12H,8-11,13H2,1H3,(H,21,23). The fraction of sp³-hybridized carbons (Fsp3) is 0.316. The molecule has 144 valence electrons. The number of amides is 1. The lowest BCUT2D eigenvalue weighted by Gasteiger charge is -2.28. The predicted molar refractivity (Wildman–Crippen MR) is 101 cm³/mol. The molecule has 1 amide bonds. The van der Waals surface area contributed by atoms with E-state index in [1.807, 2.05) is 29.2 Å². The van der Waals surface area contributed by atoms with Crippen LogP contribution in [-0.2, 0) is 16.4 Å². The number of carbonyl (C=O) groups excluding carboxylic acids is 1. The van der Waals surface area contributed by atoms with Crippen molar-refractivity contribution in [1.82, 2.24) is 5.32 Å². The van der Waals surface area contributed by atoms with Gasteiger partial charge < -0.3 is 15.0 Å². The van der Waals surface area contributed by atoms with Gasteiger partial charge in [-0.05, 0) is 35.9 Å². The summed E-state index contributed by atoms with van der Waals surface area (Å²) < 4.78 is 41.5. The molecule has 1 saturated heterocycles. The number of hydrogen-bond donors (Lipinski definition) is 1. The fourth-order valence-electron chi connectivity index (χ4n) is 2.89. The largest absolute Gasteiger partial charge is 0.494 e. The molecule has 0 aliphatic carbocycles. The van der Waals surface area contributed by atoms with E-state index >= 15 is 0 Å². The van der Waals surface area contributed by atoms with Crippen molar-refractivity contribution in [3.8, 4) is 5.75 Å². The summed E-state index contributed by atoms with van der Waals surface area (Å²) >= 11 is 0. The molecule has 2 aromatic carbocycles. The van der Waals surface area contributed by atoms with Crippen molar-refractivity contribution in [2.24, 2.45) is 0 Å². The molecule has 1 heterocycles. The Bertz CT molecular complexity index is 915. The third-order valence-electron chi connectivity index (χ3n) is 4.51. The van der Waals surface area contributed by atoms with E-state index in [-0.39, 0.29) is 28.7 Å². The van der Waals surface area contributed by atoms with E-state index in [4.69, 9.17) is 4.74 Å². The maximum Gasteiger partial charge on any atom is 0.251 e. The SMILES string of the molecule is COc1ccc(C(=O)NCc2ccc(N3CCS(=O)(=O)CC3)cc2)cc1F. The van der Waals surface area contributed by atoms with Crippen LogP contribution in [0.1, 0.15) is 15.9 Å². The van der Waals surface area contributed by atoms with Crippen molar-refractivity contribution < 1.29 is 22.3 Å². The molecular weight excluding hydrogens is 371 g/mol. The first-order valence-electron chi connectivity index (χ1n) is 8.54. The minimum Gasteiger partial charge on any atom is -0.494 e. The third-order valence-corrected chi connectivity index (χ3v) is 6.12. The molecule has 0 radical (unpaired) electrons. The molecule has 1 aliphatic rings. The summed E-state index contributed by atoms with van der Waals surface area (Å²) in [6.45, 7) is 1.28. The van der Waals surface area contributed by atoms with Crippen molar-refractivity contribution in [3.63, 3.8) is 0 Å². The van der Waals surface area contributed by atoms with Gasteiger partial charge in [-0.25, -0.2) is 12.8 Å². The summed E-state index contributed by atoms with van der Waals surface area (Å²) in [7, 11) is -1.54. The molecular formula is C19H21FN2O4S. The number of nitrogens with zero attached hydrogens (tertiary/aromatic N) is 1. The number of anilines is 1. The zero-order chi connectivity index (χ0) is 19.4. The molecule has 0 spiro atoms. The van der Waals surface area contributed by atoms with Gasteiger partial charge in [0.2, 0.25) is 0 Å². The van der Waals surface area contributed by atoms with E-state index in [9.17, 15) is 17.6 Å². The highest BCUT2D eigenvalue weighted by Crippen LogP contribution is 2.19. The first kappa shape index (κ1) is 19.2. The Labute approximate surface area is 157 Å². The zero-order valence-electron chi connectivity index (χ0n) is 14.9. The van der Waals surface area contributed by atoms with Gasteiger partial charge in [-0.15, -0.1) is 0 Å². The molecule has 0 aromatic heterocycles. The summed E-state index contributed by atoms with van der Waals surface area (Å²) in [6, 6.07) is 11.6. The number of ether oxygens (including phenoxy) is 1. The monoisotopic (exact) mass is 392 g/mol. The minimum atomic E-state index is -2.91. The average molecular weight is 392 g/mol. The third kappa shape index (κ3) is 4.77. The topological polar surface area (TPSA) is 75.7 Å². The zero-order valence-corrected chi connectivity index (χ0v) is 15.8. The predicted octanol–water partition coefficient (Wildman–Crippen LogP) is 2.00. The normalized spacial score (nSPS) is 16.0. The van der Waals surface area contributed by atoms with Crippen LogP contribution in [0.15, 0.2) is 42.5 Å². The highest BCUT2D eigenvalue weighted by Gasteiger charge is 2.21. The van der Waals surface area contributed by atoms with Crippen molar-refractivity contribution in [1.29, 1.82) is 0 Å². The van der Waals surface area contributed by atoms with Crippen LogP contribution in [0, 0.1) is 5.82 Å². The van der Waals surface area contributed by atoms with Crippen LogP contribution in [0.4, 0.5) is 10.1 Å². The van der Waals surface area contributed by atoms with E-state index < -0.39 is 15.7 Å². The van der Waals surface area contributed by atoms with E-state index in [1.165, 1.54) is 19.2 Å². The van der Waals surface area contributed by atoms with Crippen LogP contribution in [-0.4, -0.2) is 46.0 Å². The Hall–Kier alpha value is -2.61. The number of nitrogens with one attached hydrogen (secondary N) is 1. The first-order chi connectivity index (χ1) is 12.9. The number of sulfone groups is 1. The Morgan fingerprint density at radius 3 is 2.41 bits per heavy atom. The second-order valence-corrected chi connectivity index (χ2v) is 8.64. The Balaban J connectivity index is 1.57. The molecule has 1 aliphatic heterocycles. The lowest BCUT2D eigenvalue weighted by molar-refractivity contribution is 0.0950. The molecule has 27 heavy (non-hydrogen) atoms. The quantitative estimate of drug-likeness (QED) is 0.842. The average Bonchev–Trinajstić information content (AvgIpc) is 2.66. The molecule has 0 saturated carbocycles. The van der Waals surface area contributed by atoms with Crippen LogP contribution in [0.5, 0.6) is 5.75 Å². The van der Waals surface area contributed by atoms with Gasteiger partial charge in [0.1, 0.15) is 0 Å². The summed E-state index contributed by atoms with van der Waals surface area (Å²) in [4.78, 5) is 14.2. The van der Waals surface area contributed by atoms with Crippen molar-refractivity contribution in [3.05, 3.63) is 59.4 Å². The molecule has 0 atom stereocenters. The van der Waals surface area contributed by atoms with Gasteiger partial charge in [-0.3, -0.25) is 4.79 Å². The number of carbonyl (C=O) groups is 1. The van der Waals surface area contributed by atoms with Gasteiger partial charge in [-0.2, -0.15) is 0 Å². The van der Waals surface area contributed by atoms with Crippen LogP contribution in [0.3, 0.4) is 0 Å². The molecule has 2 aromatic rings. The molecule has 8 heteroatoms. The summed E-state index contributed by atoms with van der Waals surface area (Å²) in [6.07, 6.45) is 0. The van der Waals surface area contributed by atoms with E-state index in [2.05, 4.69) is 5.32 Å². The molecule has 0 bridgehead atoms. The molecule has 1 fully saturated rings. The van der Waals surface area contributed by atoms with Gasteiger partial charge in [0.15, 0.2) is 21.4 Å². The van der Waals surface area contributed by atoms with Gasteiger partial charge >= 0.3 is 0 Å². The van der Waals surface area contributed by atoms with Gasteiger partial charge in [0.25, 0.3) is 5.91 Å². The number of halogens is 1. The molecule has 1 N–H and O–H groups in total. The summed E-state index contributed by atoms with van der Waals surface area (Å²) in [5.41, 5.74) is 2.07. The first-order valence-corrected chi connectivity index (χ1v) is 10.4. The summed E-state index contributed by atoms with van der Waals surface area (Å²) in [5.74, 6) is -0.528. The second-order valence-electron chi connectivity index (χ2n) is 6.34. The van der Waals surface area contributed by atoms with Gasteiger partial charge in [0, 0.05) is 30.9 Å². The maximum absolute atomic E-state index is 13.7. The van der Waals surface area contributed by atoms with Crippen molar-refractivity contribution in [2.75, 3.05) is 36.6 Å². The van der Waals surface area contributed by atoms with E-state index in [0.717, 1.165) is 17.3 Å². The van der Waals surface area contributed by atoms with Crippen LogP contribution in [0.25, 0.3) is 0 Å². The Morgan fingerprint density at radius 2 is 1.81 bits per heavy atom. The maximum atomic E-state index is 13.7. The highest BCUT2D eigenvalue weighted by molar-refractivity contribution is 7.91. The van der Waals surface area contributed by atoms with Gasteiger partial charge in [0.05, 0.1) is 18.6 Å². The second kappa shape index (κ2) is 7.96. The Morgan fingerprint density at radius 1 is 1.15 bits per heavy atom. The van der Waals surface area contributed by atoms with Crippen molar-refractivity contribution >= 4 is 21.4 Å². The molecule has 3 rings (SSSR count). The minimum absolute atomic E-state index is 0.0904. The van der Waals surface area contributed by atoms with Crippen LogP contribution in [0.2, 0.25) is 0 Å². The summed E-state index contributed by atoms with van der Waals surface area (Å²) in [5, 5.41) is 2.75. The highest BCUT2D eigenvalue weighted by atomic mass is 32.2. The number of rotatable bonds is 5. The molecule has 6 nitrogen and oxygen atoms in total.